The summed E-state index contributed by atoms with van der Waals surface area (Å²) in [7, 11) is 0. The normalized spacial score (nSPS) is 35.4. The van der Waals surface area contributed by atoms with Crippen molar-refractivity contribution in [1.29, 1.82) is 0 Å². The molecule has 1 saturated heterocycles. The highest BCUT2D eigenvalue weighted by molar-refractivity contribution is 5.76. The number of ether oxygens (including phenoxy) is 1. The number of aliphatic hydroxyl groups excluding tert-OH is 1. The predicted octanol–water partition coefficient (Wildman–Crippen LogP) is 9.30. The molecule has 47 heavy (non-hydrogen) atoms. The second-order valence-corrected chi connectivity index (χ2v) is 18.1. The zero-order valence-electron chi connectivity index (χ0n) is 31.1. The Hall–Kier alpha value is -1.56. The summed E-state index contributed by atoms with van der Waals surface area (Å²) in [5.41, 5.74) is 2.33. The first kappa shape index (κ1) is 36.7. The van der Waals surface area contributed by atoms with Crippen molar-refractivity contribution in [1.82, 2.24) is 10.2 Å². The maximum Gasteiger partial charge on any atom is 0.407 e. The minimum Gasteiger partial charge on any atom is -0.446 e. The van der Waals surface area contributed by atoms with Crippen molar-refractivity contribution in [2.75, 3.05) is 26.2 Å². The zero-order valence-corrected chi connectivity index (χ0v) is 31.1. The summed E-state index contributed by atoms with van der Waals surface area (Å²) in [6.07, 6.45) is 21.3. The lowest BCUT2D eigenvalue weighted by molar-refractivity contribution is -0.134. The summed E-state index contributed by atoms with van der Waals surface area (Å²) in [5.74, 6) is 5.28. The largest absolute Gasteiger partial charge is 0.446 e. The summed E-state index contributed by atoms with van der Waals surface area (Å²) in [6, 6.07) is 0. The first-order valence-corrected chi connectivity index (χ1v) is 19.9. The van der Waals surface area contributed by atoms with Gasteiger partial charge in [0.1, 0.15) is 6.10 Å². The monoisotopic (exact) mass is 655 g/mol. The number of hydrogen-bond acceptors (Lipinski definition) is 4. The van der Waals surface area contributed by atoms with E-state index in [9.17, 15) is 14.7 Å². The highest BCUT2D eigenvalue weighted by Crippen LogP contribution is 2.67. The fourth-order valence-corrected chi connectivity index (χ4v) is 11.3. The Morgan fingerprint density at radius 1 is 0.936 bits per heavy atom. The standard InChI is InChI=1S/C41H70N2O4/c1-29(2)11-10-12-30(3)34-16-17-35-33-15-14-31-27-32(18-20-40(31,5)36(33)19-21-41(34,35)6)47-38(46)42-24-9-7-8-13-37(45)43-25-22-39(4,28-44)23-26-43/h14,29-30,32-36,44H,7-13,15-28H2,1-6H3,(H,42,46)/t30-,32+,33+,34-,35+,36+,40+,41-/m1/s1. The van der Waals surface area contributed by atoms with Crippen molar-refractivity contribution < 1.29 is 19.4 Å². The first-order chi connectivity index (χ1) is 22.4. The molecule has 0 radical (unpaired) electrons. The Labute approximate surface area is 287 Å². The van der Waals surface area contributed by atoms with Crippen molar-refractivity contribution >= 4 is 12.0 Å². The van der Waals surface area contributed by atoms with Crippen LogP contribution in [0.5, 0.6) is 0 Å². The number of nitrogens with zero attached hydrogens (tertiary/aromatic N) is 1. The van der Waals surface area contributed by atoms with Crippen molar-refractivity contribution in [2.24, 2.45) is 51.8 Å². The molecule has 5 aliphatic rings. The van der Waals surface area contributed by atoms with Crippen LogP contribution in [0.25, 0.3) is 0 Å². The highest BCUT2D eigenvalue weighted by Gasteiger charge is 2.59. The predicted molar refractivity (Wildman–Crippen MR) is 191 cm³/mol. The number of likely N-dealkylation sites (tertiary alicyclic amines) is 1. The third-order valence-electron chi connectivity index (χ3n) is 14.6. The molecule has 6 heteroatoms. The van der Waals surface area contributed by atoms with E-state index in [1.807, 2.05) is 4.90 Å². The third kappa shape index (κ3) is 8.26. The smallest absolute Gasteiger partial charge is 0.407 e. The van der Waals surface area contributed by atoms with Gasteiger partial charge in [0.05, 0.1) is 0 Å². The van der Waals surface area contributed by atoms with Crippen LogP contribution >= 0.6 is 0 Å². The van der Waals surface area contributed by atoms with Crippen molar-refractivity contribution in [3.05, 3.63) is 11.6 Å². The van der Waals surface area contributed by atoms with Gasteiger partial charge >= 0.3 is 6.09 Å². The summed E-state index contributed by atoms with van der Waals surface area (Å²) < 4.78 is 5.97. The second kappa shape index (κ2) is 15.5. The molecule has 6 nitrogen and oxygen atoms in total. The van der Waals surface area contributed by atoms with Gasteiger partial charge in [-0.3, -0.25) is 4.79 Å². The zero-order chi connectivity index (χ0) is 33.8. The number of aliphatic hydroxyl groups is 1. The second-order valence-electron chi connectivity index (χ2n) is 18.1. The minimum atomic E-state index is -0.280. The van der Waals surface area contributed by atoms with E-state index < -0.39 is 0 Å². The SMILES string of the molecule is CC(C)CCC[C@@H](C)[C@H]1CC[C@H]2[C@@H]3CC=C4C[C@@H](OC(=O)NCCCCCC(=O)N5CCC(C)(CO)CC5)CC[C@]4(C)[C@H]3CC[C@]12C. The van der Waals surface area contributed by atoms with Gasteiger partial charge < -0.3 is 20.1 Å². The van der Waals surface area contributed by atoms with Crippen LogP contribution in [-0.2, 0) is 9.53 Å². The molecule has 8 atom stereocenters. The van der Waals surface area contributed by atoms with Gasteiger partial charge in [-0.1, -0.05) is 78.9 Å². The molecule has 2 amide bonds. The molecule has 0 unspecified atom stereocenters. The van der Waals surface area contributed by atoms with E-state index >= 15 is 0 Å². The van der Waals surface area contributed by atoms with E-state index in [0.717, 1.165) is 100.0 Å². The van der Waals surface area contributed by atoms with E-state index in [1.165, 1.54) is 51.4 Å². The van der Waals surface area contributed by atoms with Crippen molar-refractivity contribution in [2.45, 2.75) is 157 Å². The van der Waals surface area contributed by atoms with Crippen LogP contribution in [0.4, 0.5) is 4.79 Å². The maximum atomic E-state index is 12.7. The molecule has 268 valence electrons. The molecule has 0 bridgehead atoms. The average molecular weight is 655 g/mol. The van der Waals surface area contributed by atoms with Crippen LogP contribution in [0, 0.1) is 51.8 Å². The fraction of sp³-hybridized carbons (Fsp3) is 0.902. The number of carbonyl (C=O) groups excluding carboxylic acids is 2. The molecule has 1 heterocycles. The molecule has 1 aliphatic heterocycles. The number of unbranched alkanes of at least 4 members (excludes halogenated alkanes) is 2. The average Bonchev–Trinajstić information content (AvgIpc) is 3.40. The summed E-state index contributed by atoms with van der Waals surface area (Å²) in [4.78, 5) is 27.3. The topological polar surface area (TPSA) is 78.9 Å². The lowest BCUT2D eigenvalue weighted by Crippen LogP contribution is -2.51. The van der Waals surface area contributed by atoms with Gasteiger partial charge in [0.2, 0.25) is 5.91 Å². The number of allylic oxidation sites excluding steroid dienone is 1. The van der Waals surface area contributed by atoms with Crippen LogP contribution in [0.15, 0.2) is 11.6 Å². The summed E-state index contributed by atoms with van der Waals surface area (Å²) in [6.45, 7) is 16.9. The number of fused-ring (bicyclic) bond motifs is 5. The van der Waals surface area contributed by atoms with Gasteiger partial charge in [0, 0.05) is 39.1 Å². The molecular weight excluding hydrogens is 584 g/mol. The van der Waals surface area contributed by atoms with E-state index in [4.69, 9.17) is 4.74 Å². The molecule has 4 aliphatic carbocycles. The summed E-state index contributed by atoms with van der Waals surface area (Å²) in [5, 5.41) is 12.5. The molecule has 4 fully saturated rings. The number of nitrogens with one attached hydrogen (secondary N) is 1. The van der Waals surface area contributed by atoms with Crippen LogP contribution < -0.4 is 5.32 Å². The number of rotatable bonds is 13. The number of carbonyl (C=O) groups is 2. The van der Waals surface area contributed by atoms with Crippen LogP contribution in [0.3, 0.4) is 0 Å². The van der Waals surface area contributed by atoms with Gasteiger partial charge in [-0.2, -0.15) is 0 Å². The van der Waals surface area contributed by atoms with Gasteiger partial charge in [-0.15, -0.1) is 0 Å². The Morgan fingerprint density at radius 3 is 2.43 bits per heavy atom. The van der Waals surface area contributed by atoms with E-state index in [2.05, 4.69) is 52.9 Å². The van der Waals surface area contributed by atoms with E-state index in [1.54, 1.807) is 5.57 Å². The number of alkyl carbamates (subject to hydrolysis) is 1. The van der Waals surface area contributed by atoms with Gasteiger partial charge in [0.15, 0.2) is 0 Å². The maximum absolute atomic E-state index is 12.7. The number of piperidine rings is 1. The lowest BCUT2D eigenvalue weighted by Gasteiger charge is -2.58. The Bertz CT molecular complexity index is 1100. The number of amides is 2. The van der Waals surface area contributed by atoms with E-state index in [0.29, 0.717) is 18.4 Å². The molecule has 3 saturated carbocycles. The van der Waals surface area contributed by atoms with Crippen molar-refractivity contribution in [3.8, 4) is 0 Å². The Kier molecular flexibility index (Phi) is 12.1. The molecule has 0 aromatic rings. The van der Waals surface area contributed by atoms with Gasteiger partial charge in [-0.05, 0) is 122 Å². The van der Waals surface area contributed by atoms with Crippen LogP contribution in [0.2, 0.25) is 0 Å². The quantitative estimate of drug-likeness (QED) is 0.153. The first-order valence-electron chi connectivity index (χ1n) is 19.9. The lowest BCUT2D eigenvalue weighted by atomic mass is 9.47. The molecule has 0 aromatic carbocycles. The van der Waals surface area contributed by atoms with Gasteiger partial charge in [0.25, 0.3) is 0 Å². The van der Waals surface area contributed by atoms with Crippen molar-refractivity contribution in [3.63, 3.8) is 0 Å². The molecule has 2 N–H and O–H groups in total. The highest BCUT2D eigenvalue weighted by atomic mass is 16.6. The number of hydrogen-bond donors (Lipinski definition) is 2. The Morgan fingerprint density at radius 2 is 1.70 bits per heavy atom. The van der Waals surface area contributed by atoms with Crippen LogP contribution in [-0.4, -0.2) is 54.4 Å². The molecule has 5 rings (SSSR count). The summed E-state index contributed by atoms with van der Waals surface area (Å²) >= 11 is 0. The Balaban J connectivity index is 1.02. The molecule has 0 spiro atoms. The third-order valence-corrected chi connectivity index (χ3v) is 14.6. The molecular formula is C41H70N2O4. The minimum absolute atomic E-state index is 0.0165. The van der Waals surface area contributed by atoms with Crippen LogP contribution in [0.1, 0.15) is 151 Å². The van der Waals surface area contributed by atoms with E-state index in [-0.39, 0.29) is 35.5 Å². The fourth-order valence-electron chi connectivity index (χ4n) is 11.3. The van der Waals surface area contributed by atoms with Gasteiger partial charge in [-0.25, -0.2) is 4.79 Å². The molecule has 0 aromatic heterocycles.